The van der Waals surface area contributed by atoms with Crippen molar-refractivity contribution < 1.29 is 17.6 Å². The summed E-state index contributed by atoms with van der Waals surface area (Å²) in [6.45, 7) is 1.98. The summed E-state index contributed by atoms with van der Waals surface area (Å²) in [6, 6.07) is 5.34. The third-order valence-corrected chi connectivity index (χ3v) is 6.95. The number of fused-ring (bicyclic) bond motifs is 2. The van der Waals surface area contributed by atoms with Crippen molar-refractivity contribution in [1.29, 1.82) is 0 Å². The van der Waals surface area contributed by atoms with Crippen molar-refractivity contribution in [2.75, 3.05) is 5.75 Å². The molecule has 2 aliphatic rings. The number of carbonyl (C=O) groups is 1. The number of hydrogen-bond acceptors (Lipinski definition) is 3. The van der Waals surface area contributed by atoms with Gasteiger partial charge in [-0.05, 0) is 61.6 Å². The highest BCUT2D eigenvalue weighted by Crippen LogP contribution is 2.49. The average Bonchev–Trinajstić information content (AvgIpc) is 3.11. The van der Waals surface area contributed by atoms with Crippen LogP contribution in [0, 0.1) is 23.6 Å². The SMILES string of the molecule is C[C@H](NC(=O)CS(=O)(=O)Cc1ccc(F)cc1)[C@@H]1C[C@H]2CC[C@H]1C2. The van der Waals surface area contributed by atoms with Crippen molar-refractivity contribution in [3.05, 3.63) is 35.6 Å². The monoisotopic (exact) mass is 353 g/mol. The summed E-state index contributed by atoms with van der Waals surface area (Å²) in [5.74, 6) is 0.342. The number of hydrogen-bond donors (Lipinski definition) is 1. The molecule has 0 radical (unpaired) electrons. The van der Waals surface area contributed by atoms with E-state index < -0.39 is 27.3 Å². The first-order valence-electron chi connectivity index (χ1n) is 8.56. The molecule has 2 saturated carbocycles. The second kappa shape index (κ2) is 6.82. The minimum atomic E-state index is -3.56. The normalized spacial score (nSPS) is 27.2. The maximum atomic E-state index is 12.9. The zero-order valence-corrected chi connectivity index (χ0v) is 14.7. The van der Waals surface area contributed by atoms with E-state index in [0.717, 1.165) is 12.3 Å². The van der Waals surface area contributed by atoms with Gasteiger partial charge in [0.25, 0.3) is 0 Å². The van der Waals surface area contributed by atoms with Gasteiger partial charge in [-0.3, -0.25) is 4.79 Å². The predicted molar refractivity (Wildman–Crippen MR) is 90.4 cm³/mol. The van der Waals surface area contributed by atoms with Crippen molar-refractivity contribution >= 4 is 15.7 Å². The summed E-state index contributed by atoms with van der Waals surface area (Å²) in [6.07, 6.45) is 4.94. The Kier molecular flexibility index (Phi) is 4.95. The van der Waals surface area contributed by atoms with Crippen LogP contribution in [0.3, 0.4) is 0 Å². The molecule has 0 saturated heterocycles. The summed E-state index contributed by atoms with van der Waals surface area (Å²) < 4.78 is 37.2. The minimum absolute atomic E-state index is 0.0221. The molecule has 0 heterocycles. The Morgan fingerprint density at radius 1 is 1.25 bits per heavy atom. The first kappa shape index (κ1) is 17.4. The molecule has 2 aliphatic carbocycles. The highest BCUT2D eigenvalue weighted by Gasteiger charge is 2.42. The zero-order valence-electron chi connectivity index (χ0n) is 13.9. The lowest BCUT2D eigenvalue weighted by molar-refractivity contribution is -0.119. The highest BCUT2D eigenvalue weighted by molar-refractivity contribution is 7.91. The Morgan fingerprint density at radius 2 is 1.96 bits per heavy atom. The van der Waals surface area contributed by atoms with E-state index in [9.17, 15) is 17.6 Å². The van der Waals surface area contributed by atoms with Crippen molar-refractivity contribution in [1.82, 2.24) is 5.32 Å². The van der Waals surface area contributed by atoms with Crippen LogP contribution >= 0.6 is 0 Å². The minimum Gasteiger partial charge on any atom is -0.352 e. The summed E-state index contributed by atoms with van der Waals surface area (Å²) in [5, 5.41) is 2.88. The Labute approximate surface area is 142 Å². The van der Waals surface area contributed by atoms with E-state index in [1.807, 2.05) is 6.92 Å². The van der Waals surface area contributed by atoms with E-state index in [4.69, 9.17) is 0 Å². The molecule has 6 heteroatoms. The highest BCUT2D eigenvalue weighted by atomic mass is 32.2. The third kappa shape index (κ3) is 4.15. The smallest absolute Gasteiger partial charge is 0.235 e. The largest absolute Gasteiger partial charge is 0.352 e. The van der Waals surface area contributed by atoms with Gasteiger partial charge in [0.2, 0.25) is 5.91 Å². The topological polar surface area (TPSA) is 63.2 Å². The van der Waals surface area contributed by atoms with Gasteiger partial charge in [-0.25, -0.2) is 12.8 Å². The molecule has 2 bridgehead atoms. The van der Waals surface area contributed by atoms with Crippen molar-refractivity contribution in [3.8, 4) is 0 Å². The Hall–Kier alpha value is -1.43. The van der Waals surface area contributed by atoms with Crippen molar-refractivity contribution in [3.63, 3.8) is 0 Å². The molecular formula is C18H24FNO3S. The Balaban J connectivity index is 1.52. The molecule has 0 unspecified atom stereocenters. The van der Waals surface area contributed by atoms with Gasteiger partial charge in [-0.15, -0.1) is 0 Å². The molecular weight excluding hydrogens is 329 g/mol. The number of rotatable bonds is 6. The average molecular weight is 353 g/mol. The Morgan fingerprint density at radius 3 is 2.54 bits per heavy atom. The summed E-state index contributed by atoms with van der Waals surface area (Å²) in [5.41, 5.74) is 0.491. The van der Waals surface area contributed by atoms with Crippen LogP contribution in [0.2, 0.25) is 0 Å². The molecule has 2 fully saturated rings. The van der Waals surface area contributed by atoms with Crippen LogP contribution in [-0.4, -0.2) is 26.1 Å². The van der Waals surface area contributed by atoms with Crippen molar-refractivity contribution in [2.45, 2.75) is 44.4 Å². The number of carbonyl (C=O) groups excluding carboxylic acids is 1. The lowest BCUT2D eigenvalue weighted by atomic mass is 9.84. The van der Waals surface area contributed by atoms with Crippen LogP contribution in [0.15, 0.2) is 24.3 Å². The van der Waals surface area contributed by atoms with E-state index in [1.165, 1.54) is 43.5 Å². The molecule has 24 heavy (non-hydrogen) atoms. The van der Waals surface area contributed by atoms with Crippen molar-refractivity contribution in [2.24, 2.45) is 17.8 Å². The quantitative estimate of drug-likeness (QED) is 0.855. The molecule has 0 aromatic heterocycles. The number of benzene rings is 1. The summed E-state index contributed by atoms with van der Waals surface area (Å²) in [7, 11) is -3.56. The third-order valence-electron chi connectivity index (χ3n) is 5.47. The van der Waals surface area contributed by atoms with Gasteiger partial charge in [-0.1, -0.05) is 18.6 Å². The molecule has 3 rings (SSSR count). The van der Waals surface area contributed by atoms with E-state index in [1.54, 1.807) is 0 Å². The van der Waals surface area contributed by atoms with Crippen LogP contribution < -0.4 is 5.32 Å². The maximum absolute atomic E-state index is 12.9. The van der Waals surface area contributed by atoms with Gasteiger partial charge in [-0.2, -0.15) is 0 Å². The van der Waals surface area contributed by atoms with Crippen LogP contribution in [0.1, 0.15) is 38.2 Å². The molecule has 132 valence electrons. The fourth-order valence-electron chi connectivity index (χ4n) is 4.39. The van der Waals surface area contributed by atoms with E-state index in [2.05, 4.69) is 5.32 Å². The van der Waals surface area contributed by atoms with E-state index >= 15 is 0 Å². The van der Waals surface area contributed by atoms with Gasteiger partial charge in [0.05, 0.1) is 5.75 Å². The second-order valence-corrected chi connectivity index (χ2v) is 9.42. The second-order valence-electron chi connectivity index (χ2n) is 7.35. The molecule has 1 amide bonds. The first-order valence-corrected chi connectivity index (χ1v) is 10.4. The zero-order chi connectivity index (χ0) is 17.3. The molecule has 1 aromatic rings. The van der Waals surface area contributed by atoms with Crippen LogP contribution in [0.25, 0.3) is 0 Å². The van der Waals surface area contributed by atoms with Gasteiger partial charge in [0.15, 0.2) is 9.84 Å². The predicted octanol–water partition coefficient (Wildman–Crippen LogP) is 2.68. The molecule has 4 atom stereocenters. The number of halogens is 1. The maximum Gasteiger partial charge on any atom is 0.235 e. The fraction of sp³-hybridized carbons (Fsp3) is 0.611. The molecule has 1 N–H and O–H groups in total. The lowest BCUT2D eigenvalue weighted by Crippen LogP contribution is -2.42. The number of sulfone groups is 1. The standard InChI is InChI=1S/C18H24FNO3S/c1-12(17-9-14-2-5-15(17)8-14)20-18(21)11-24(22,23)10-13-3-6-16(19)7-4-13/h3-4,6-7,12,14-15,17H,2,5,8-11H2,1H3,(H,20,21)/t12-,14-,15-,17-/m0/s1. The number of amides is 1. The van der Waals surface area contributed by atoms with E-state index in [-0.39, 0.29) is 11.8 Å². The van der Waals surface area contributed by atoms with Crippen LogP contribution in [-0.2, 0) is 20.4 Å². The van der Waals surface area contributed by atoms with Gasteiger partial charge >= 0.3 is 0 Å². The van der Waals surface area contributed by atoms with Gasteiger partial charge in [0, 0.05) is 6.04 Å². The fourth-order valence-corrected chi connectivity index (χ4v) is 5.68. The van der Waals surface area contributed by atoms with Gasteiger partial charge < -0.3 is 5.32 Å². The Bertz CT molecular complexity index is 701. The molecule has 0 aliphatic heterocycles. The number of nitrogens with one attached hydrogen (secondary N) is 1. The lowest BCUT2D eigenvalue weighted by Gasteiger charge is -2.28. The van der Waals surface area contributed by atoms with Crippen LogP contribution in [0.5, 0.6) is 0 Å². The first-order chi connectivity index (χ1) is 11.3. The van der Waals surface area contributed by atoms with E-state index in [0.29, 0.717) is 17.4 Å². The van der Waals surface area contributed by atoms with Crippen LogP contribution in [0.4, 0.5) is 4.39 Å². The molecule has 4 nitrogen and oxygen atoms in total. The molecule has 0 spiro atoms. The van der Waals surface area contributed by atoms with Gasteiger partial charge in [0.1, 0.15) is 11.6 Å². The molecule has 1 aromatic carbocycles. The summed E-state index contributed by atoms with van der Waals surface area (Å²) in [4.78, 5) is 12.1. The summed E-state index contributed by atoms with van der Waals surface area (Å²) >= 11 is 0.